The van der Waals surface area contributed by atoms with E-state index >= 15 is 0 Å². The maximum Gasteiger partial charge on any atom is 0.303 e. The number of sulfone groups is 1. The number of carboxylic acids is 1. The zero-order valence-electron chi connectivity index (χ0n) is 8.89. The van der Waals surface area contributed by atoms with Gasteiger partial charge in [-0.15, -0.1) is 0 Å². The third-order valence-electron chi connectivity index (χ3n) is 2.93. The van der Waals surface area contributed by atoms with Gasteiger partial charge >= 0.3 is 5.97 Å². The van der Waals surface area contributed by atoms with E-state index < -0.39 is 26.9 Å². The molecule has 1 aromatic rings. The molecule has 0 radical (unpaired) electrons. The third-order valence-corrected chi connectivity index (χ3v) is 5.21. The highest BCUT2D eigenvalue weighted by Crippen LogP contribution is 2.34. The molecule has 6 heteroatoms. The lowest BCUT2D eigenvalue weighted by Crippen LogP contribution is -2.18. The number of aliphatic carboxylic acids is 1. The van der Waals surface area contributed by atoms with Crippen LogP contribution in [0.3, 0.4) is 0 Å². The molecule has 0 amide bonds. The van der Waals surface area contributed by atoms with Crippen molar-refractivity contribution in [2.24, 2.45) is 0 Å². The van der Waals surface area contributed by atoms with E-state index in [2.05, 4.69) is 0 Å². The maximum absolute atomic E-state index is 13.4. The van der Waals surface area contributed by atoms with Gasteiger partial charge in [-0.2, -0.15) is 0 Å². The number of rotatable bonds is 3. The molecule has 0 fully saturated rings. The summed E-state index contributed by atoms with van der Waals surface area (Å²) in [5.41, 5.74) is 0.183. The first-order valence-corrected chi connectivity index (χ1v) is 6.70. The molecule has 1 atom stereocenters. The van der Waals surface area contributed by atoms with Crippen LogP contribution in [0.4, 0.5) is 4.39 Å². The highest BCUT2D eigenvalue weighted by molar-refractivity contribution is 7.92. The fourth-order valence-corrected chi connectivity index (χ4v) is 4.03. The number of carbonyl (C=O) groups is 1. The van der Waals surface area contributed by atoms with E-state index in [0.717, 1.165) is 0 Å². The normalized spacial score (nSPS) is 21.1. The van der Waals surface area contributed by atoms with E-state index in [0.29, 0.717) is 0 Å². The Bertz CT molecular complexity index is 565. The van der Waals surface area contributed by atoms with Crippen LogP contribution in [0, 0.1) is 5.82 Å². The summed E-state index contributed by atoms with van der Waals surface area (Å²) >= 11 is 0. The molecule has 1 unspecified atom stereocenters. The summed E-state index contributed by atoms with van der Waals surface area (Å²) in [6.45, 7) is 0. The van der Waals surface area contributed by atoms with Crippen LogP contribution in [0.15, 0.2) is 23.1 Å². The largest absolute Gasteiger partial charge is 0.481 e. The lowest BCUT2D eigenvalue weighted by atomic mass is 10.1. The molecule has 1 heterocycles. The van der Waals surface area contributed by atoms with Crippen molar-refractivity contribution < 1.29 is 22.7 Å². The summed E-state index contributed by atoms with van der Waals surface area (Å²) in [7, 11) is -3.57. The van der Waals surface area contributed by atoms with E-state index in [9.17, 15) is 17.6 Å². The van der Waals surface area contributed by atoms with Crippen LogP contribution in [0.1, 0.15) is 18.4 Å². The summed E-state index contributed by atoms with van der Waals surface area (Å²) < 4.78 is 37.4. The second kappa shape index (κ2) is 4.10. The molecule has 1 N–H and O–H groups in total. The van der Waals surface area contributed by atoms with Gasteiger partial charge in [-0.05, 0) is 25.0 Å². The molecule has 0 aromatic heterocycles. The molecule has 4 nitrogen and oxygen atoms in total. The van der Waals surface area contributed by atoms with Gasteiger partial charge < -0.3 is 5.11 Å². The average molecular weight is 258 g/mol. The summed E-state index contributed by atoms with van der Waals surface area (Å²) in [6, 6.07) is 3.94. The monoisotopic (exact) mass is 258 g/mol. The molecule has 0 saturated carbocycles. The van der Waals surface area contributed by atoms with E-state index in [1.165, 1.54) is 18.2 Å². The molecule has 0 saturated heterocycles. The second-order valence-corrected chi connectivity index (χ2v) is 6.22. The van der Waals surface area contributed by atoms with Crippen LogP contribution in [0.25, 0.3) is 0 Å². The quantitative estimate of drug-likeness (QED) is 0.889. The molecule has 0 aliphatic carbocycles. The van der Waals surface area contributed by atoms with Crippen molar-refractivity contribution in [2.45, 2.75) is 29.4 Å². The van der Waals surface area contributed by atoms with Crippen molar-refractivity contribution in [3.05, 3.63) is 29.6 Å². The molecule has 2 rings (SSSR count). The Balaban J connectivity index is 2.34. The van der Waals surface area contributed by atoms with Crippen LogP contribution < -0.4 is 0 Å². The Labute approximate surface area is 98.0 Å². The summed E-state index contributed by atoms with van der Waals surface area (Å²) in [4.78, 5) is 10.4. The molecule has 1 aromatic carbocycles. The summed E-state index contributed by atoms with van der Waals surface area (Å²) in [6.07, 6.45) is -0.136. The van der Waals surface area contributed by atoms with Gasteiger partial charge in [0.05, 0.1) is 10.1 Å². The Kier molecular flexibility index (Phi) is 2.91. The molecule has 17 heavy (non-hydrogen) atoms. The van der Waals surface area contributed by atoms with Crippen molar-refractivity contribution >= 4 is 15.8 Å². The minimum absolute atomic E-state index is 0.00730. The molecule has 1 aliphatic rings. The van der Waals surface area contributed by atoms with Gasteiger partial charge in [-0.1, -0.05) is 6.07 Å². The fourth-order valence-electron chi connectivity index (χ4n) is 2.06. The summed E-state index contributed by atoms with van der Waals surface area (Å²) in [5.74, 6) is -1.58. The van der Waals surface area contributed by atoms with Crippen molar-refractivity contribution in [2.75, 3.05) is 0 Å². The molecule has 0 spiro atoms. The van der Waals surface area contributed by atoms with Crippen LogP contribution in [-0.4, -0.2) is 24.7 Å². The Morgan fingerprint density at radius 1 is 1.47 bits per heavy atom. The minimum atomic E-state index is -3.57. The Morgan fingerprint density at radius 3 is 2.76 bits per heavy atom. The Morgan fingerprint density at radius 2 is 2.18 bits per heavy atom. The molecule has 1 aliphatic heterocycles. The average Bonchev–Trinajstić information content (AvgIpc) is 2.50. The van der Waals surface area contributed by atoms with Gasteiger partial charge in [-0.3, -0.25) is 4.79 Å². The smallest absolute Gasteiger partial charge is 0.303 e. The van der Waals surface area contributed by atoms with Crippen LogP contribution in [-0.2, 0) is 21.1 Å². The van der Waals surface area contributed by atoms with Crippen molar-refractivity contribution in [1.29, 1.82) is 0 Å². The first kappa shape index (κ1) is 12.0. The number of fused-ring (bicyclic) bond motifs is 1. The molecular formula is C11H11FO4S. The number of hydrogen-bond donors (Lipinski definition) is 1. The SMILES string of the molecule is O=C(O)CCC1Cc2c(F)cccc2S1(=O)=O. The van der Waals surface area contributed by atoms with Crippen molar-refractivity contribution in [3.8, 4) is 0 Å². The molecular weight excluding hydrogens is 247 g/mol. The van der Waals surface area contributed by atoms with Crippen LogP contribution in [0.5, 0.6) is 0 Å². The lowest BCUT2D eigenvalue weighted by Gasteiger charge is -2.06. The molecule has 0 bridgehead atoms. The zero-order valence-corrected chi connectivity index (χ0v) is 9.71. The minimum Gasteiger partial charge on any atom is -0.481 e. The number of benzene rings is 1. The molecule has 92 valence electrons. The predicted molar refractivity (Wildman–Crippen MR) is 57.9 cm³/mol. The zero-order chi connectivity index (χ0) is 12.6. The van der Waals surface area contributed by atoms with Gasteiger partial charge in [-0.25, -0.2) is 12.8 Å². The first-order valence-electron chi connectivity index (χ1n) is 5.16. The van der Waals surface area contributed by atoms with Gasteiger partial charge in [0.15, 0.2) is 9.84 Å². The standard InChI is InChI=1S/C11H11FO4S/c12-9-2-1-3-10-8(9)6-7(17(10,15)16)4-5-11(13)14/h1-3,7H,4-6H2,(H,13,14). The van der Waals surface area contributed by atoms with Crippen molar-refractivity contribution in [1.82, 2.24) is 0 Å². The third kappa shape index (κ3) is 2.04. The predicted octanol–water partition coefficient (Wildman–Crippen LogP) is 1.39. The number of halogens is 1. The van der Waals surface area contributed by atoms with Crippen LogP contribution in [0.2, 0.25) is 0 Å². The Hall–Kier alpha value is -1.43. The number of hydrogen-bond acceptors (Lipinski definition) is 3. The topological polar surface area (TPSA) is 71.4 Å². The van der Waals surface area contributed by atoms with Gasteiger partial charge in [0, 0.05) is 12.0 Å². The van der Waals surface area contributed by atoms with E-state index in [4.69, 9.17) is 5.11 Å². The van der Waals surface area contributed by atoms with Crippen molar-refractivity contribution in [3.63, 3.8) is 0 Å². The van der Waals surface area contributed by atoms with Gasteiger partial charge in [0.1, 0.15) is 5.82 Å². The van der Waals surface area contributed by atoms with Gasteiger partial charge in [0.25, 0.3) is 0 Å². The maximum atomic E-state index is 13.4. The van der Waals surface area contributed by atoms with Gasteiger partial charge in [0.2, 0.25) is 0 Å². The number of carboxylic acid groups (broad SMARTS) is 1. The van der Waals surface area contributed by atoms with E-state index in [1.807, 2.05) is 0 Å². The van der Waals surface area contributed by atoms with Crippen LogP contribution >= 0.6 is 0 Å². The first-order chi connectivity index (χ1) is 7.93. The summed E-state index contributed by atoms with van der Waals surface area (Å²) in [5, 5.41) is 7.73. The van der Waals surface area contributed by atoms with E-state index in [1.54, 1.807) is 0 Å². The highest BCUT2D eigenvalue weighted by Gasteiger charge is 2.38. The second-order valence-electron chi connectivity index (χ2n) is 4.02. The lowest BCUT2D eigenvalue weighted by molar-refractivity contribution is -0.137. The van der Waals surface area contributed by atoms with E-state index in [-0.39, 0.29) is 29.7 Å². The highest BCUT2D eigenvalue weighted by atomic mass is 32.2. The fraction of sp³-hybridized carbons (Fsp3) is 0.364.